The lowest BCUT2D eigenvalue weighted by Gasteiger charge is -2.35. The van der Waals surface area contributed by atoms with E-state index in [1.54, 1.807) is 17.7 Å². The van der Waals surface area contributed by atoms with Crippen LogP contribution in [-0.4, -0.2) is 60.3 Å². The molecule has 3 heterocycles. The van der Waals surface area contributed by atoms with Crippen molar-refractivity contribution in [1.29, 1.82) is 0 Å². The standard InChI is InChI=1S/C17H24N4O3S3/c1-11-12(2)26-17-15(11)16(18-10-19-17)25-9-14(22)21-7-5-4-6-13(21)8-20-27(3,23)24/h10,13,20H,4-9H2,1-3H3. The van der Waals surface area contributed by atoms with Crippen molar-refractivity contribution in [1.82, 2.24) is 19.6 Å². The molecule has 1 aliphatic rings. The van der Waals surface area contributed by atoms with E-state index in [9.17, 15) is 13.2 Å². The summed E-state index contributed by atoms with van der Waals surface area (Å²) in [6.45, 7) is 5.07. The molecule has 1 fully saturated rings. The van der Waals surface area contributed by atoms with Gasteiger partial charge in [0.2, 0.25) is 15.9 Å². The van der Waals surface area contributed by atoms with E-state index < -0.39 is 10.0 Å². The Hall–Kier alpha value is -1.23. The summed E-state index contributed by atoms with van der Waals surface area (Å²) in [5.41, 5.74) is 1.17. The summed E-state index contributed by atoms with van der Waals surface area (Å²) in [5, 5.41) is 1.87. The Labute approximate surface area is 168 Å². The lowest BCUT2D eigenvalue weighted by atomic mass is 10.0. The van der Waals surface area contributed by atoms with Crippen LogP contribution in [0.25, 0.3) is 10.2 Å². The molecule has 1 atom stereocenters. The molecule has 1 aliphatic heterocycles. The molecule has 0 aliphatic carbocycles. The zero-order chi connectivity index (χ0) is 19.6. The van der Waals surface area contributed by atoms with Gasteiger partial charge in [-0.05, 0) is 38.7 Å². The monoisotopic (exact) mass is 428 g/mol. The van der Waals surface area contributed by atoms with E-state index >= 15 is 0 Å². The number of aryl methyl sites for hydroxylation is 2. The minimum absolute atomic E-state index is 0.0244. The largest absolute Gasteiger partial charge is 0.338 e. The highest BCUT2D eigenvalue weighted by Crippen LogP contribution is 2.34. The van der Waals surface area contributed by atoms with Gasteiger partial charge in [0.15, 0.2) is 0 Å². The maximum atomic E-state index is 12.8. The maximum Gasteiger partial charge on any atom is 0.233 e. The van der Waals surface area contributed by atoms with Crippen LogP contribution in [0.15, 0.2) is 11.4 Å². The van der Waals surface area contributed by atoms with Gasteiger partial charge in [-0.15, -0.1) is 11.3 Å². The first-order valence-electron chi connectivity index (χ1n) is 8.84. The normalized spacial score (nSPS) is 18.2. The number of likely N-dealkylation sites (tertiary alicyclic amines) is 1. The lowest BCUT2D eigenvalue weighted by molar-refractivity contribution is -0.131. The number of nitrogens with one attached hydrogen (secondary N) is 1. The van der Waals surface area contributed by atoms with Crippen molar-refractivity contribution in [3.05, 3.63) is 16.8 Å². The van der Waals surface area contributed by atoms with Crippen LogP contribution in [0.5, 0.6) is 0 Å². The molecule has 0 aromatic carbocycles. The minimum Gasteiger partial charge on any atom is -0.338 e. The van der Waals surface area contributed by atoms with E-state index in [0.29, 0.717) is 6.54 Å². The summed E-state index contributed by atoms with van der Waals surface area (Å²) in [6.07, 6.45) is 5.46. The van der Waals surface area contributed by atoms with Crippen LogP contribution in [0, 0.1) is 13.8 Å². The van der Waals surface area contributed by atoms with Gasteiger partial charge >= 0.3 is 0 Å². The number of thiophene rings is 1. The minimum atomic E-state index is -3.26. The number of piperidine rings is 1. The van der Waals surface area contributed by atoms with E-state index in [-0.39, 0.29) is 24.2 Å². The molecular weight excluding hydrogens is 404 g/mol. The predicted octanol–water partition coefficient (Wildman–Crippen LogP) is 2.33. The number of fused-ring (bicyclic) bond motifs is 1. The molecule has 1 N–H and O–H groups in total. The fourth-order valence-electron chi connectivity index (χ4n) is 3.26. The van der Waals surface area contributed by atoms with Crippen molar-refractivity contribution in [2.75, 3.05) is 25.1 Å². The lowest BCUT2D eigenvalue weighted by Crippen LogP contribution is -2.49. The van der Waals surface area contributed by atoms with Crippen LogP contribution in [0.3, 0.4) is 0 Å². The highest BCUT2D eigenvalue weighted by Gasteiger charge is 2.27. The molecule has 0 bridgehead atoms. The Morgan fingerprint density at radius 2 is 2.15 bits per heavy atom. The molecule has 27 heavy (non-hydrogen) atoms. The molecule has 2 aromatic heterocycles. The fraction of sp³-hybridized carbons (Fsp3) is 0.588. The zero-order valence-corrected chi connectivity index (χ0v) is 18.1. The first kappa shape index (κ1) is 20.5. The highest BCUT2D eigenvalue weighted by atomic mass is 32.2. The van der Waals surface area contributed by atoms with Gasteiger partial charge in [-0.1, -0.05) is 11.8 Å². The van der Waals surface area contributed by atoms with Gasteiger partial charge < -0.3 is 4.90 Å². The van der Waals surface area contributed by atoms with Gasteiger partial charge in [-0.2, -0.15) is 0 Å². The second-order valence-electron chi connectivity index (χ2n) is 6.79. The first-order valence-corrected chi connectivity index (χ1v) is 12.5. The summed E-state index contributed by atoms with van der Waals surface area (Å²) < 4.78 is 25.3. The van der Waals surface area contributed by atoms with Crippen LogP contribution < -0.4 is 4.72 Å². The Bertz CT molecular complexity index is 942. The van der Waals surface area contributed by atoms with Crippen molar-refractivity contribution in [2.45, 2.75) is 44.2 Å². The molecule has 3 rings (SSSR count). The molecule has 0 spiro atoms. The van der Waals surface area contributed by atoms with Crippen LogP contribution in [0.2, 0.25) is 0 Å². The summed E-state index contributed by atoms with van der Waals surface area (Å²) >= 11 is 3.07. The average molecular weight is 429 g/mol. The zero-order valence-electron chi connectivity index (χ0n) is 15.7. The van der Waals surface area contributed by atoms with Crippen LogP contribution in [0.4, 0.5) is 0 Å². The predicted molar refractivity (Wildman–Crippen MR) is 110 cm³/mol. The summed E-state index contributed by atoms with van der Waals surface area (Å²) in [5.74, 6) is 0.312. The van der Waals surface area contributed by atoms with Gasteiger partial charge in [0.05, 0.1) is 12.0 Å². The third-order valence-corrected chi connectivity index (χ3v) is 7.57. The number of nitrogens with zero attached hydrogens (tertiary/aromatic N) is 3. The van der Waals surface area contributed by atoms with Gasteiger partial charge in [-0.25, -0.2) is 23.1 Å². The number of carbonyl (C=O) groups is 1. The van der Waals surface area contributed by atoms with Crippen molar-refractivity contribution in [3.63, 3.8) is 0 Å². The Morgan fingerprint density at radius 1 is 1.37 bits per heavy atom. The van der Waals surface area contributed by atoms with Crippen molar-refractivity contribution >= 4 is 49.2 Å². The molecule has 0 saturated carbocycles. The number of carbonyl (C=O) groups excluding carboxylic acids is 1. The number of sulfonamides is 1. The maximum absolute atomic E-state index is 12.8. The molecule has 148 valence electrons. The van der Waals surface area contributed by atoms with Gasteiger partial charge in [0.1, 0.15) is 16.2 Å². The summed E-state index contributed by atoms with van der Waals surface area (Å²) in [7, 11) is -3.26. The molecule has 0 radical (unpaired) electrons. The number of rotatable bonds is 6. The van der Waals surface area contributed by atoms with Crippen molar-refractivity contribution in [2.24, 2.45) is 0 Å². The molecule has 1 unspecified atom stereocenters. The molecule has 1 amide bonds. The van der Waals surface area contributed by atoms with Crippen LogP contribution in [-0.2, 0) is 14.8 Å². The quantitative estimate of drug-likeness (QED) is 0.561. The number of hydrogen-bond acceptors (Lipinski definition) is 7. The van der Waals surface area contributed by atoms with E-state index in [4.69, 9.17) is 0 Å². The SMILES string of the molecule is Cc1sc2ncnc(SCC(=O)N3CCCCC3CNS(C)(=O)=O)c2c1C. The first-order chi connectivity index (χ1) is 12.8. The van der Waals surface area contributed by atoms with E-state index in [1.165, 1.54) is 22.2 Å². The number of aromatic nitrogens is 2. The molecule has 10 heteroatoms. The summed E-state index contributed by atoms with van der Waals surface area (Å²) in [4.78, 5) is 25.5. The Balaban J connectivity index is 1.69. The second kappa shape index (κ2) is 8.42. The van der Waals surface area contributed by atoms with E-state index in [2.05, 4.69) is 28.5 Å². The smallest absolute Gasteiger partial charge is 0.233 e. The fourth-order valence-corrected chi connectivity index (χ4v) is 5.76. The third kappa shape index (κ3) is 4.98. The van der Waals surface area contributed by atoms with E-state index in [0.717, 1.165) is 40.8 Å². The van der Waals surface area contributed by atoms with Crippen molar-refractivity contribution < 1.29 is 13.2 Å². The highest BCUT2D eigenvalue weighted by molar-refractivity contribution is 8.00. The molecule has 1 saturated heterocycles. The number of amides is 1. The molecule has 2 aromatic rings. The second-order valence-corrected chi connectivity index (χ2v) is 10.8. The third-order valence-electron chi connectivity index (χ3n) is 4.79. The summed E-state index contributed by atoms with van der Waals surface area (Å²) in [6, 6.07) is -0.0860. The Kier molecular flexibility index (Phi) is 6.39. The number of hydrogen-bond donors (Lipinski definition) is 1. The van der Waals surface area contributed by atoms with Crippen LogP contribution >= 0.6 is 23.1 Å². The van der Waals surface area contributed by atoms with E-state index in [1.807, 2.05) is 4.90 Å². The molecular formula is C17H24N4O3S3. The van der Waals surface area contributed by atoms with Gasteiger partial charge in [0.25, 0.3) is 0 Å². The molecule has 7 nitrogen and oxygen atoms in total. The number of thioether (sulfide) groups is 1. The van der Waals surface area contributed by atoms with Gasteiger partial charge in [-0.3, -0.25) is 4.79 Å². The Morgan fingerprint density at radius 3 is 2.89 bits per heavy atom. The van der Waals surface area contributed by atoms with Crippen LogP contribution in [0.1, 0.15) is 29.7 Å². The van der Waals surface area contributed by atoms with Gasteiger partial charge in [0, 0.05) is 29.4 Å². The topological polar surface area (TPSA) is 92.3 Å². The average Bonchev–Trinajstić information content (AvgIpc) is 2.92. The van der Waals surface area contributed by atoms with Crippen molar-refractivity contribution in [3.8, 4) is 0 Å².